The minimum Gasteiger partial charge on any atom is -0.497 e. The van der Waals surface area contributed by atoms with E-state index in [1.807, 2.05) is 17.0 Å². The van der Waals surface area contributed by atoms with Crippen LogP contribution in [0, 0.1) is 5.82 Å². The molecule has 1 amide bonds. The molecule has 0 unspecified atom stereocenters. The molecule has 0 aromatic heterocycles. The van der Waals surface area contributed by atoms with E-state index in [1.54, 1.807) is 7.11 Å². The fraction of sp³-hybridized carbons (Fsp3) is 0.333. The lowest BCUT2D eigenvalue weighted by Crippen LogP contribution is -2.50. The second-order valence-electron chi connectivity index (χ2n) is 7.73. The Kier molecular flexibility index (Phi) is 4.04. The van der Waals surface area contributed by atoms with Gasteiger partial charge in [0.1, 0.15) is 17.3 Å². The Hall–Kier alpha value is -2.40. The lowest BCUT2D eigenvalue weighted by atomic mass is 9.80. The Morgan fingerprint density at radius 2 is 2.04 bits per heavy atom. The molecule has 0 fully saturated rings. The molecule has 0 bridgehead atoms. The molecule has 0 saturated heterocycles. The summed E-state index contributed by atoms with van der Waals surface area (Å²) in [5, 5.41) is -0.0241. The molecule has 1 atom stereocenters. The smallest absolute Gasteiger partial charge is 0.278 e. The molecule has 0 N–H and O–H groups in total. The number of aliphatic imine (C=N–C) groups is 1. The second kappa shape index (κ2) is 6.06. The molecular weight excluding hydrogens is 367 g/mol. The molecule has 140 valence electrons. The highest BCUT2D eigenvalue weighted by atomic mass is 35.5. The third kappa shape index (κ3) is 2.72. The number of methoxy groups -OCH3 is 1. The quantitative estimate of drug-likeness (QED) is 0.708. The van der Waals surface area contributed by atoms with E-state index in [2.05, 4.69) is 25.8 Å². The highest BCUT2D eigenvalue weighted by Gasteiger charge is 2.48. The Labute approximate surface area is 162 Å². The van der Waals surface area contributed by atoms with Crippen LogP contribution in [0.4, 0.5) is 15.8 Å². The molecule has 0 saturated carbocycles. The summed E-state index contributed by atoms with van der Waals surface area (Å²) in [6, 6.07) is 8.03. The van der Waals surface area contributed by atoms with E-state index in [0.29, 0.717) is 17.1 Å². The van der Waals surface area contributed by atoms with Gasteiger partial charge in [-0.05, 0) is 62.1 Å². The number of amides is 1. The van der Waals surface area contributed by atoms with E-state index in [1.165, 1.54) is 18.2 Å². The van der Waals surface area contributed by atoms with Crippen molar-refractivity contribution in [3.63, 3.8) is 0 Å². The van der Waals surface area contributed by atoms with Crippen LogP contribution in [0.3, 0.4) is 0 Å². The zero-order valence-electron chi connectivity index (χ0n) is 15.6. The molecule has 4 nitrogen and oxygen atoms in total. The SMILES string of the molecule is COc1cc2c3c(c1)[C@@H](C)CC(C)(C)N3C(=O)C2=Nc1ccc(F)c(Cl)c1. The highest BCUT2D eigenvalue weighted by Crippen LogP contribution is 2.50. The maximum absolute atomic E-state index is 13.5. The predicted molar refractivity (Wildman–Crippen MR) is 105 cm³/mol. The maximum Gasteiger partial charge on any atom is 0.278 e. The van der Waals surface area contributed by atoms with Gasteiger partial charge >= 0.3 is 0 Å². The van der Waals surface area contributed by atoms with Gasteiger partial charge in [-0.25, -0.2) is 9.38 Å². The molecule has 0 radical (unpaired) electrons. The normalized spacial score (nSPS) is 21.6. The van der Waals surface area contributed by atoms with E-state index < -0.39 is 5.82 Å². The summed E-state index contributed by atoms with van der Waals surface area (Å²) in [6.07, 6.45) is 0.841. The number of ether oxygens (including phenoxy) is 1. The monoisotopic (exact) mass is 386 g/mol. The van der Waals surface area contributed by atoms with Gasteiger partial charge in [-0.1, -0.05) is 18.5 Å². The molecule has 2 aromatic rings. The van der Waals surface area contributed by atoms with Gasteiger partial charge in [-0.15, -0.1) is 0 Å². The molecule has 2 heterocycles. The van der Waals surface area contributed by atoms with Crippen LogP contribution in [0.2, 0.25) is 5.02 Å². The van der Waals surface area contributed by atoms with Gasteiger partial charge in [0.25, 0.3) is 5.91 Å². The number of hydrogen-bond donors (Lipinski definition) is 0. The predicted octanol–water partition coefficient (Wildman–Crippen LogP) is 5.24. The lowest BCUT2D eigenvalue weighted by molar-refractivity contribution is -0.113. The van der Waals surface area contributed by atoms with Gasteiger partial charge in [0.2, 0.25) is 0 Å². The van der Waals surface area contributed by atoms with Crippen molar-refractivity contribution < 1.29 is 13.9 Å². The summed E-state index contributed by atoms with van der Waals surface area (Å²) < 4.78 is 18.9. The first-order chi connectivity index (χ1) is 12.7. The van der Waals surface area contributed by atoms with Crippen molar-refractivity contribution in [2.75, 3.05) is 12.0 Å². The average Bonchev–Trinajstić information content (AvgIpc) is 2.89. The van der Waals surface area contributed by atoms with Crippen LogP contribution < -0.4 is 9.64 Å². The van der Waals surface area contributed by atoms with Crippen LogP contribution in [0.5, 0.6) is 5.75 Å². The van der Waals surface area contributed by atoms with Gasteiger partial charge in [0.15, 0.2) is 0 Å². The van der Waals surface area contributed by atoms with Gasteiger partial charge < -0.3 is 9.64 Å². The van der Waals surface area contributed by atoms with Crippen molar-refractivity contribution in [1.29, 1.82) is 0 Å². The zero-order valence-corrected chi connectivity index (χ0v) is 16.4. The number of halogens is 2. The largest absolute Gasteiger partial charge is 0.497 e. The molecule has 0 spiro atoms. The third-order valence-electron chi connectivity index (χ3n) is 5.32. The van der Waals surface area contributed by atoms with Gasteiger partial charge in [0.05, 0.1) is 23.5 Å². The molecule has 4 rings (SSSR count). The van der Waals surface area contributed by atoms with E-state index in [4.69, 9.17) is 16.3 Å². The van der Waals surface area contributed by atoms with Crippen LogP contribution in [0.15, 0.2) is 35.3 Å². The Morgan fingerprint density at radius 3 is 2.70 bits per heavy atom. The number of carbonyl (C=O) groups excluding carboxylic acids is 1. The van der Waals surface area contributed by atoms with Crippen molar-refractivity contribution in [2.24, 2.45) is 4.99 Å². The summed E-state index contributed by atoms with van der Waals surface area (Å²) in [5.41, 5.74) is 3.16. The number of rotatable bonds is 2. The number of carbonyl (C=O) groups is 1. The minimum atomic E-state index is -0.516. The first-order valence-electron chi connectivity index (χ1n) is 8.83. The lowest BCUT2D eigenvalue weighted by Gasteiger charge is -2.43. The fourth-order valence-electron chi connectivity index (χ4n) is 4.20. The summed E-state index contributed by atoms with van der Waals surface area (Å²) in [5.74, 6) is 0.302. The van der Waals surface area contributed by atoms with Crippen LogP contribution in [-0.4, -0.2) is 24.3 Å². The number of nitrogens with zero attached hydrogens (tertiary/aromatic N) is 2. The van der Waals surface area contributed by atoms with Crippen molar-refractivity contribution in [3.05, 3.63) is 52.3 Å². The summed E-state index contributed by atoms with van der Waals surface area (Å²) in [7, 11) is 1.61. The Morgan fingerprint density at radius 1 is 1.30 bits per heavy atom. The number of benzene rings is 2. The summed E-state index contributed by atoms with van der Waals surface area (Å²) in [4.78, 5) is 19.7. The van der Waals surface area contributed by atoms with Crippen molar-refractivity contribution in [2.45, 2.75) is 38.6 Å². The van der Waals surface area contributed by atoms with E-state index >= 15 is 0 Å². The van der Waals surface area contributed by atoms with Gasteiger partial charge in [-0.3, -0.25) is 4.79 Å². The standard InChI is InChI=1S/C21H20ClFN2O2/c1-11-10-21(2,3)25-19-14(11)8-13(27-4)9-15(19)18(20(25)26)24-12-5-6-17(23)16(22)7-12/h5-9,11H,10H2,1-4H3/t11-/m0/s1. The van der Waals surface area contributed by atoms with Crippen LogP contribution >= 0.6 is 11.6 Å². The molecule has 2 aliphatic heterocycles. The first kappa shape index (κ1) is 18.0. The first-order valence-corrected chi connectivity index (χ1v) is 9.21. The molecule has 0 aliphatic carbocycles. The van der Waals surface area contributed by atoms with Crippen molar-refractivity contribution in [3.8, 4) is 5.75 Å². The van der Waals surface area contributed by atoms with Crippen molar-refractivity contribution >= 4 is 34.6 Å². The van der Waals surface area contributed by atoms with Crippen molar-refractivity contribution in [1.82, 2.24) is 0 Å². The van der Waals surface area contributed by atoms with E-state index in [0.717, 1.165) is 23.2 Å². The molecular formula is C21H20ClFN2O2. The summed E-state index contributed by atoms with van der Waals surface area (Å²) >= 11 is 5.88. The molecule has 6 heteroatoms. The second-order valence-corrected chi connectivity index (χ2v) is 8.14. The van der Waals surface area contributed by atoms with Crippen LogP contribution in [0.1, 0.15) is 44.2 Å². The van der Waals surface area contributed by atoms with Crippen LogP contribution in [0.25, 0.3) is 0 Å². The fourth-order valence-corrected chi connectivity index (χ4v) is 4.37. The Bertz CT molecular complexity index is 1000. The van der Waals surface area contributed by atoms with E-state index in [-0.39, 0.29) is 22.4 Å². The molecule has 27 heavy (non-hydrogen) atoms. The number of hydrogen-bond acceptors (Lipinski definition) is 3. The number of anilines is 1. The Balaban J connectivity index is 1.96. The zero-order chi connectivity index (χ0) is 19.5. The summed E-state index contributed by atoms with van der Waals surface area (Å²) in [6.45, 7) is 6.29. The molecule has 2 aliphatic rings. The van der Waals surface area contributed by atoms with Gasteiger partial charge in [0, 0.05) is 11.1 Å². The van der Waals surface area contributed by atoms with E-state index in [9.17, 15) is 9.18 Å². The topological polar surface area (TPSA) is 41.9 Å². The maximum atomic E-state index is 13.5. The minimum absolute atomic E-state index is 0.0241. The highest BCUT2D eigenvalue weighted by molar-refractivity contribution is 6.55. The van der Waals surface area contributed by atoms with Gasteiger partial charge in [-0.2, -0.15) is 0 Å². The van der Waals surface area contributed by atoms with Crippen LogP contribution in [-0.2, 0) is 4.79 Å². The molecule has 2 aromatic carbocycles. The average molecular weight is 387 g/mol. The third-order valence-corrected chi connectivity index (χ3v) is 5.61.